The van der Waals surface area contributed by atoms with Gasteiger partial charge in [0.25, 0.3) is 0 Å². The number of nitrogens with one attached hydrogen (secondary N) is 1. The normalized spacial score (nSPS) is 9.33. The highest BCUT2D eigenvalue weighted by Crippen LogP contribution is 2.22. The number of thiophene rings is 1. The molecule has 15 heavy (non-hydrogen) atoms. The van der Waals surface area contributed by atoms with Crippen LogP contribution in [0.15, 0.2) is 11.4 Å². The SMILES string of the molecule is CC(=O)SCC(=O)Nc1sccc1C#N. The molecule has 1 aromatic heterocycles. The van der Waals surface area contributed by atoms with Crippen LogP contribution in [0.25, 0.3) is 0 Å². The van der Waals surface area contributed by atoms with Gasteiger partial charge in [0, 0.05) is 6.92 Å². The summed E-state index contributed by atoms with van der Waals surface area (Å²) in [5.41, 5.74) is 0.446. The van der Waals surface area contributed by atoms with Gasteiger partial charge in [0.1, 0.15) is 11.1 Å². The van der Waals surface area contributed by atoms with Crippen molar-refractivity contribution in [1.29, 1.82) is 5.26 Å². The van der Waals surface area contributed by atoms with Gasteiger partial charge in [-0.05, 0) is 11.4 Å². The zero-order valence-electron chi connectivity index (χ0n) is 7.94. The number of hydrogen-bond acceptors (Lipinski definition) is 5. The lowest BCUT2D eigenvalue weighted by molar-refractivity contribution is -0.114. The smallest absolute Gasteiger partial charge is 0.235 e. The van der Waals surface area contributed by atoms with Crippen LogP contribution in [0.4, 0.5) is 5.00 Å². The summed E-state index contributed by atoms with van der Waals surface area (Å²) in [6.07, 6.45) is 0. The number of carbonyl (C=O) groups is 2. The van der Waals surface area contributed by atoms with E-state index in [4.69, 9.17) is 5.26 Å². The van der Waals surface area contributed by atoms with Crippen molar-refractivity contribution < 1.29 is 9.59 Å². The van der Waals surface area contributed by atoms with Gasteiger partial charge in [-0.1, -0.05) is 11.8 Å². The molecule has 0 atom stereocenters. The molecule has 1 aromatic rings. The largest absolute Gasteiger partial charge is 0.316 e. The number of carbonyl (C=O) groups excluding carboxylic acids is 2. The summed E-state index contributed by atoms with van der Waals surface area (Å²) in [7, 11) is 0. The van der Waals surface area contributed by atoms with Gasteiger partial charge in [0.15, 0.2) is 5.12 Å². The van der Waals surface area contributed by atoms with Gasteiger partial charge in [0.05, 0.1) is 11.3 Å². The van der Waals surface area contributed by atoms with Gasteiger partial charge < -0.3 is 5.32 Å². The molecule has 4 nitrogen and oxygen atoms in total. The standard InChI is InChI=1S/C9H8N2O2S2/c1-6(12)15-5-8(13)11-9-7(4-10)2-3-14-9/h2-3H,5H2,1H3,(H,11,13). The minimum absolute atomic E-state index is 0.0815. The van der Waals surface area contributed by atoms with Gasteiger partial charge in [-0.15, -0.1) is 11.3 Å². The van der Waals surface area contributed by atoms with E-state index >= 15 is 0 Å². The molecule has 0 saturated carbocycles. The highest BCUT2D eigenvalue weighted by Gasteiger charge is 2.08. The van der Waals surface area contributed by atoms with Crippen LogP contribution in [0.2, 0.25) is 0 Å². The Labute approximate surface area is 95.3 Å². The zero-order valence-corrected chi connectivity index (χ0v) is 9.58. The van der Waals surface area contributed by atoms with Gasteiger partial charge in [-0.2, -0.15) is 5.26 Å². The maximum absolute atomic E-state index is 11.3. The molecule has 1 heterocycles. The predicted molar refractivity (Wildman–Crippen MR) is 60.8 cm³/mol. The van der Waals surface area contributed by atoms with E-state index < -0.39 is 0 Å². The third-order valence-electron chi connectivity index (χ3n) is 1.45. The van der Waals surface area contributed by atoms with Crippen LogP contribution in [0.5, 0.6) is 0 Å². The minimum Gasteiger partial charge on any atom is -0.316 e. The van der Waals surface area contributed by atoms with E-state index in [2.05, 4.69) is 5.32 Å². The molecule has 0 saturated heterocycles. The highest BCUT2D eigenvalue weighted by molar-refractivity contribution is 8.14. The van der Waals surface area contributed by atoms with Crippen molar-refractivity contribution in [3.63, 3.8) is 0 Å². The van der Waals surface area contributed by atoms with Crippen molar-refractivity contribution in [3.8, 4) is 6.07 Å². The quantitative estimate of drug-likeness (QED) is 0.875. The number of thioether (sulfide) groups is 1. The molecule has 6 heteroatoms. The number of anilines is 1. The fraction of sp³-hybridized carbons (Fsp3) is 0.222. The molecular weight excluding hydrogens is 232 g/mol. The Bertz CT molecular complexity index is 420. The lowest BCUT2D eigenvalue weighted by Gasteiger charge is -2.00. The second-order valence-electron chi connectivity index (χ2n) is 2.60. The Hall–Kier alpha value is -1.32. The molecule has 78 valence electrons. The maximum atomic E-state index is 11.3. The van der Waals surface area contributed by atoms with E-state index in [1.165, 1.54) is 18.3 Å². The van der Waals surface area contributed by atoms with Crippen molar-refractivity contribution in [1.82, 2.24) is 0 Å². The number of amides is 1. The molecule has 1 amide bonds. The number of rotatable bonds is 3. The Kier molecular flexibility index (Phi) is 4.34. The fourth-order valence-corrected chi connectivity index (χ4v) is 1.98. The average molecular weight is 240 g/mol. The molecule has 1 N–H and O–H groups in total. The topological polar surface area (TPSA) is 70.0 Å². The van der Waals surface area contributed by atoms with E-state index in [9.17, 15) is 9.59 Å². The van der Waals surface area contributed by atoms with Crippen LogP contribution < -0.4 is 5.32 Å². The van der Waals surface area contributed by atoms with E-state index in [0.29, 0.717) is 10.6 Å². The van der Waals surface area contributed by atoms with E-state index in [0.717, 1.165) is 11.8 Å². The summed E-state index contributed by atoms with van der Waals surface area (Å²) in [6.45, 7) is 1.41. The first-order valence-electron chi connectivity index (χ1n) is 4.04. The Morgan fingerprint density at radius 1 is 1.67 bits per heavy atom. The molecule has 0 radical (unpaired) electrons. The lowest BCUT2D eigenvalue weighted by atomic mass is 10.3. The molecule has 0 aliphatic heterocycles. The molecule has 0 aromatic carbocycles. The first-order valence-corrected chi connectivity index (χ1v) is 5.91. The van der Waals surface area contributed by atoms with Gasteiger partial charge in [-0.25, -0.2) is 0 Å². The van der Waals surface area contributed by atoms with Crippen molar-refractivity contribution in [3.05, 3.63) is 17.0 Å². The summed E-state index contributed by atoms with van der Waals surface area (Å²) < 4.78 is 0. The molecule has 1 rings (SSSR count). The second kappa shape index (κ2) is 5.53. The first kappa shape index (κ1) is 11.8. The Balaban J connectivity index is 2.52. The fourth-order valence-electron chi connectivity index (χ4n) is 0.824. The van der Waals surface area contributed by atoms with Crippen LogP contribution in [-0.4, -0.2) is 16.8 Å². The third-order valence-corrected chi connectivity index (χ3v) is 3.09. The van der Waals surface area contributed by atoms with Gasteiger partial charge in [0.2, 0.25) is 5.91 Å². The summed E-state index contributed by atoms with van der Waals surface area (Å²) in [4.78, 5) is 21.9. The number of hydrogen-bond donors (Lipinski definition) is 1. The van der Waals surface area contributed by atoms with Crippen LogP contribution in [0.3, 0.4) is 0 Å². The van der Waals surface area contributed by atoms with Crippen LogP contribution in [0, 0.1) is 11.3 Å². The molecular formula is C9H8N2O2S2. The number of nitrogens with zero attached hydrogens (tertiary/aromatic N) is 1. The van der Waals surface area contributed by atoms with Crippen LogP contribution in [-0.2, 0) is 9.59 Å². The maximum Gasteiger partial charge on any atom is 0.235 e. The molecule has 0 spiro atoms. The molecule has 0 fully saturated rings. The molecule has 0 aliphatic rings. The molecule has 0 bridgehead atoms. The average Bonchev–Trinajstić information content (AvgIpc) is 2.62. The molecule has 0 unspecified atom stereocenters. The van der Waals surface area contributed by atoms with E-state index in [1.807, 2.05) is 6.07 Å². The molecule has 0 aliphatic carbocycles. The summed E-state index contributed by atoms with van der Waals surface area (Å²) in [5.74, 6) is -0.188. The Morgan fingerprint density at radius 3 is 3.00 bits per heavy atom. The summed E-state index contributed by atoms with van der Waals surface area (Å²) >= 11 is 2.23. The van der Waals surface area contributed by atoms with Crippen LogP contribution in [0.1, 0.15) is 12.5 Å². The van der Waals surface area contributed by atoms with E-state index in [-0.39, 0.29) is 16.8 Å². The van der Waals surface area contributed by atoms with Crippen molar-refractivity contribution >= 4 is 39.1 Å². The first-order chi connectivity index (χ1) is 7.13. The lowest BCUT2D eigenvalue weighted by Crippen LogP contribution is -2.14. The van der Waals surface area contributed by atoms with E-state index in [1.54, 1.807) is 11.4 Å². The zero-order chi connectivity index (χ0) is 11.3. The van der Waals surface area contributed by atoms with Crippen molar-refractivity contribution in [2.24, 2.45) is 0 Å². The van der Waals surface area contributed by atoms with Gasteiger partial charge >= 0.3 is 0 Å². The predicted octanol–water partition coefficient (Wildman–Crippen LogP) is 1.84. The third kappa shape index (κ3) is 3.73. The summed E-state index contributed by atoms with van der Waals surface area (Å²) in [6, 6.07) is 3.61. The highest BCUT2D eigenvalue weighted by atomic mass is 32.2. The summed E-state index contributed by atoms with van der Waals surface area (Å²) in [5, 5.41) is 13.4. The van der Waals surface area contributed by atoms with Crippen LogP contribution >= 0.6 is 23.1 Å². The van der Waals surface area contributed by atoms with Crippen molar-refractivity contribution in [2.45, 2.75) is 6.92 Å². The number of nitriles is 1. The monoisotopic (exact) mass is 240 g/mol. The minimum atomic E-state index is -0.269. The van der Waals surface area contributed by atoms with Crippen molar-refractivity contribution in [2.75, 3.05) is 11.1 Å². The Morgan fingerprint density at radius 2 is 2.40 bits per heavy atom. The van der Waals surface area contributed by atoms with Gasteiger partial charge in [-0.3, -0.25) is 9.59 Å². The second-order valence-corrected chi connectivity index (χ2v) is 4.67.